The zero-order valence-corrected chi connectivity index (χ0v) is 16.5. The third-order valence-electron chi connectivity index (χ3n) is 4.58. The summed E-state index contributed by atoms with van der Waals surface area (Å²) in [5.41, 5.74) is 3.90. The molecule has 2 rings (SSSR count). The van der Waals surface area contributed by atoms with E-state index in [4.69, 9.17) is 0 Å². The standard InChI is InChI=1S/C24H29NO3/c1-28-24(27)14-6-3-9-19-25-23(26)13-8-7-10-20-15-17-22(18-16-20)21-11-4-2-5-12-21/h2,4-5,7-8,10-13,15,17H,3,6,9,14,16,18-19H2,1H3,(H,25,26)/b10-7+,13-8+. The van der Waals surface area contributed by atoms with Crippen LogP contribution >= 0.6 is 0 Å². The molecule has 0 heterocycles. The number of amides is 1. The van der Waals surface area contributed by atoms with Crippen LogP contribution in [0.2, 0.25) is 0 Å². The van der Waals surface area contributed by atoms with Gasteiger partial charge in [0.15, 0.2) is 0 Å². The first-order valence-corrected chi connectivity index (χ1v) is 9.83. The fourth-order valence-corrected chi connectivity index (χ4v) is 2.95. The van der Waals surface area contributed by atoms with Gasteiger partial charge < -0.3 is 10.1 Å². The number of ether oxygens (including phenoxy) is 1. The normalized spacial score (nSPS) is 14.0. The minimum Gasteiger partial charge on any atom is -0.469 e. The molecule has 1 aliphatic rings. The summed E-state index contributed by atoms with van der Waals surface area (Å²) in [6, 6.07) is 10.4. The summed E-state index contributed by atoms with van der Waals surface area (Å²) >= 11 is 0. The van der Waals surface area contributed by atoms with Crippen LogP contribution in [0.25, 0.3) is 5.57 Å². The lowest BCUT2D eigenvalue weighted by atomic mass is 9.93. The van der Waals surface area contributed by atoms with E-state index in [0.717, 1.165) is 32.1 Å². The summed E-state index contributed by atoms with van der Waals surface area (Å²) < 4.78 is 4.59. The molecule has 0 saturated carbocycles. The van der Waals surface area contributed by atoms with Crippen molar-refractivity contribution in [3.63, 3.8) is 0 Å². The first-order valence-electron chi connectivity index (χ1n) is 9.83. The van der Waals surface area contributed by atoms with Gasteiger partial charge in [0.05, 0.1) is 7.11 Å². The van der Waals surface area contributed by atoms with Crippen LogP contribution in [-0.4, -0.2) is 25.5 Å². The van der Waals surface area contributed by atoms with Crippen molar-refractivity contribution in [2.75, 3.05) is 13.7 Å². The zero-order chi connectivity index (χ0) is 20.0. The molecule has 0 saturated heterocycles. The van der Waals surface area contributed by atoms with Gasteiger partial charge in [-0.15, -0.1) is 0 Å². The fourth-order valence-electron chi connectivity index (χ4n) is 2.95. The van der Waals surface area contributed by atoms with Gasteiger partial charge in [-0.3, -0.25) is 9.59 Å². The number of rotatable bonds is 10. The average Bonchev–Trinajstić information content (AvgIpc) is 2.74. The number of methoxy groups -OCH3 is 1. The van der Waals surface area contributed by atoms with E-state index in [2.05, 4.69) is 52.5 Å². The minimum atomic E-state index is -0.182. The molecule has 148 valence electrons. The third kappa shape index (κ3) is 8.21. The molecule has 1 N–H and O–H groups in total. The molecule has 0 unspecified atom stereocenters. The number of carbonyl (C=O) groups is 2. The molecule has 1 aromatic carbocycles. The largest absolute Gasteiger partial charge is 0.469 e. The Kier molecular flexibility index (Phi) is 9.56. The minimum absolute atomic E-state index is 0.0958. The fraction of sp³-hybridized carbons (Fsp3) is 0.333. The third-order valence-corrected chi connectivity index (χ3v) is 4.58. The average molecular weight is 380 g/mol. The van der Waals surface area contributed by atoms with Crippen LogP contribution in [0.1, 0.15) is 44.1 Å². The molecule has 0 fully saturated rings. The Labute approximate surface area is 167 Å². The number of unbranched alkanes of at least 4 members (excludes halogenated alkanes) is 2. The molecular formula is C24H29NO3. The van der Waals surface area contributed by atoms with Crippen molar-refractivity contribution in [3.05, 3.63) is 77.9 Å². The maximum absolute atomic E-state index is 11.8. The first-order chi connectivity index (χ1) is 13.7. The van der Waals surface area contributed by atoms with Crippen LogP contribution < -0.4 is 5.32 Å². The first kappa shape index (κ1) is 21.4. The second-order valence-corrected chi connectivity index (χ2v) is 6.70. The highest BCUT2D eigenvalue weighted by molar-refractivity contribution is 5.87. The van der Waals surface area contributed by atoms with E-state index in [9.17, 15) is 9.59 Å². The highest BCUT2D eigenvalue weighted by Gasteiger charge is 2.06. The van der Waals surface area contributed by atoms with Gasteiger partial charge in [0, 0.05) is 19.0 Å². The Balaban J connectivity index is 1.65. The van der Waals surface area contributed by atoms with Gasteiger partial charge in [-0.05, 0) is 42.4 Å². The Morgan fingerprint density at radius 2 is 1.86 bits per heavy atom. The van der Waals surface area contributed by atoms with E-state index in [1.165, 1.54) is 23.8 Å². The Morgan fingerprint density at radius 1 is 1.04 bits per heavy atom. The molecular weight excluding hydrogens is 350 g/mol. The molecule has 0 radical (unpaired) electrons. The molecule has 4 heteroatoms. The van der Waals surface area contributed by atoms with Crippen molar-refractivity contribution in [3.8, 4) is 0 Å². The number of carbonyl (C=O) groups excluding carboxylic acids is 2. The van der Waals surface area contributed by atoms with Crippen molar-refractivity contribution < 1.29 is 14.3 Å². The van der Waals surface area contributed by atoms with Gasteiger partial charge in [-0.1, -0.05) is 67.1 Å². The number of hydrogen-bond acceptors (Lipinski definition) is 3. The van der Waals surface area contributed by atoms with E-state index < -0.39 is 0 Å². The van der Waals surface area contributed by atoms with Gasteiger partial charge in [-0.2, -0.15) is 0 Å². The lowest BCUT2D eigenvalue weighted by Gasteiger charge is -2.12. The highest BCUT2D eigenvalue weighted by Crippen LogP contribution is 2.26. The zero-order valence-electron chi connectivity index (χ0n) is 16.5. The molecule has 0 atom stereocenters. The van der Waals surface area contributed by atoms with E-state index >= 15 is 0 Å². The monoisotopic (exact) mass is 379 g/mol. The number of nitrogens with one attached hydrogen (secondary N) is 1. The predicted molar refractivity (Wildman–Crippen MR) is 114 cm³/mol. The van der Waals surface area contributed by atoms with Gasteiger partial charge in [-0.25, -0.2) is 0 Å². The SMILES string of the molecule is COC(=O)CCCCCNC(=O)/C=C/C=C/C1=CC=C(c2ccccc2)CC1. The van der Waals surface area contributed by atoms with E-state index in [-0.39, 0.29) is 11.9 Å². The van der Waals surface area contributed by atoms with Crippen molar-refractivity contribution in [1.82, 2.24) is 5.32 Å². The van der Waals surface area contributed by atoms with Crippen LogP contribution in [0.3, 0.4) is 0 Å². The maximum Gasteiger partial charge on any atom is 0.305 e. The van der Waals surface area contributed by atoms with Crippen molar-refractivity contribution in [1.29, 1.82) is 0 Å². The van der Waals surface area contributed by atoms with Crippen LogP contribution in [0.15, 0.2) is 72.4 Å². The maximum atomic E-state index is 11.8. The second kappa shape index (κ2) is 12.5. The lowest BCUT2D eigenvalue weighted by molar-refractivity contribution is -0.140. The van der Waals surface area contributed by atoms with Crippen LogP contribution in [0, 0.1) is 0 Å². The Hall–Kier alpha value is -2.88. The number of esters is 1. The lowest BCUT2D eigenvalue weighted by Crippen LogP contribution is -2.22. The van der Waals surface area contributed by atoms with Crippen molar-refractivity contribution >= 4 is 17.4 Å². The molecule has 0 bridgehead atoms. The van der Waals surface area contributed by atoms with Gasteiger partial charge in [0.2, 0.25) is 5.91 Å². The van der Waals surface area contributed by atoms with Gasteiger partial charge in [0.1, 0.15) is 0 Å². The quantitative estimate of drug-likeness (QED) is 0.276. The van der Waals surface area contributed by atoms with Crippen LogP contribution in [0.5, 0.6) is 0 Å². The molecule has 1 amide bonds. The summed E-state index contributed by atoms with van der Waals surface area (Å²) in [5.74, 6) is -0.278. The summed E-state index contributed by atoms with van der Waals surface area (Å²) in [5, 5.41) is 2.85. The molecule has 1 aromatic rings. The van der Waals surface area contributed by atoms with Crippen LogP contribution in [0.4, 0.5) is 0 Å². The van der Waals surface area contributed by atoms with E-state index in [1.807, 2.05) is 12.1 Å². The smallest absolute Gasteiger partial charge is 0.305 e. The Bertz CT molecular complexity index is 757. The molecule has 0 aromatic heterocycles. The highest BCUT2D eigenvalue weighted by atomic mass is 16.5. The predicted octanol–water partition coefficient (Wildman–Crippen LogP) is 4.75. The van der Waals surface area contributed by atoms with E-state index in [1.54, 1.807) is 12.2 Å². The summed E-state index contributed by atoms with van der Waals surface area (Å²) in [4.78, 5) is 22.7. The molecule has 4 nitrogen and oxygen atoms in total. The second-order valence-electron chi connectivity index (χ2n) is 6.70. The van der Waals surface area contributed by atoms with E-state index in [0.29, 0.717) is 13.0 Å². The molecule has 28 heavy (non-hydrogen) atoms. The Morgan fingerprint density at radius 3 is 2.57 bits per heavy atom. The molecule has 1 aliphatic carbocycles. The molecule has 0 spiro atoms. The number of benzene rings is 1. The topological polar surface area (TPSA) is 55.4 Å². The van der Waals surface area contributed by atoms with Crippen molar-refractivity contribution in [2.24, 2.45) is 0 Å². The number of hydrogen-bond donors (Lipinski definition) is 1. The number of allylic oxidation sites excluding steroid dienone is 7. The van der Waals surface area contributed by atoms with Gasteiger partial charge in [0.25, 0.3) is 0 Å². The molecule has 0 aliphatic heterocycles. The summed E-state index contributed by atoms with van der Waals surface area (Å²) in [7, 11) is 1.40. The van der Waals surface area contributed by atoms with Gasteiger partial charge >= 0.3 is 5.97 Å². The summed E-state index contributed by atoms with van der Waals surface area (Å²) in [6.45, 7) is 0.617. The van der Waals surface area contributed by atoms with Crippen molar-refractivity contribution in [2.45, 2.75) is 38.5 Å². The van der Waals surface area contributed by atoms with Crippen LogP contribution in [-0.2, 0) is 14.3 Å². The summed E-state index contributed by atoms with van der Waals surface area (Å²) in [6.07, 6.45) is 16.6.